The number of nitrogens with two attached hydrogens (primary N) is 1. The summed E-state index contributed by atoms with van der Waals surface area (Å²) in [6, 6.07) is 14.0. The van der Waals surface area contributed by atoms with Crippen molar-refractivity contribution in [3.05, 3.63) is 59.8 Å². The van der Waals surface area contributed by atoms with E-state index in [0.29, 0.717) is 22.6 Å². The number of fused-ring (bicyclic) bond motifs is 1. The van der Waals surface area contributed by atoms with Gasteiger partial charge in [0.05, 0.1) is 0 Å². The number of hydrogen-bond acceptors (Lipinski definition) is 3. The largest absolute Gasteiger partial charge is 0.399 e. The summed E-state index contributed by atoms with van der Waals surface area (Å²) < 4.78 is 0. The van der Waals surface area contributed by atoms with Crippen molar-refractivity contribution < 1.29 is 9.59 Å². The highest BCUT2D eigenvalue weighted by Crippen LogP contribution is 2.19. The summed E-state index contributed by atoms with van der Waals surface area (Å²) in [5, 5.41) is 3.60. The van der Waals surface area contributed by atoms with Crippen LogP contribution in [0.25, 0.3) is 10.9 Å². The number of amides is 1. The second-order valence-corrected chi connectivity index (χ2v) is 5.12. The van der Waals surface area contributed by atoms with Crippen LogP contribution in [0, 0.1) is 0 Å². The molecule has 0 saturated carbocycles. The fourth-order valence-electron chi connectivity index (χ4n) is 2.29. The summed E-state index contributed by atoms with van der Waals surface area (Å²) in [4.78, 5) is 26.7. The summed E-state index contributed by atoms with van der Waals surface area (Å²) in [5.41, 5.74) is 8.76. The van der Waals surface area contributed by atoms with Gasteiger partial charge in [0, 0.05) is 27.8 Å². The maximum atomic E-state index is 12.3. The number of anilines is 2. The molecule has 1 aromatic heterocycles. The number of carbonyl (C=O) groups is 2. The highest BCUT2D eigenvalue weighted by molar-refractivity contribution is 6.07. The standard InChI is InChI=1S/C17H15N3O2/c1-10(21)11-5-6-15-12(7-11)8-16(20-15)17(22)19-14-4-2-3-13(18)9-14/h2-9,20H,18H2,1H3,(H,19,22). The van der Waals surface area contributed by atoms with Gasteiger partial charge in [-0.05, 0) is 49.4 Å². The molecule has 0 bridgehead atoms. The van der Waals surface area contributed by atoms with Gasteiger partial charge in [-0.3, -0.25) is 9.59 Å². The molecule has 22 heavy (non-hydrogen) atoms. The minimum atomic E-state index is -0.258. The molecule has 0 aliphatic carbocycles. The summed E-state index contributed by atoms with van der Waals surface area (Å²) in [6.07, 6.45) is 0. The van der Waals surface area contributed by atoms with Crippen molar-refractivity contribution in [2.45, 2.75) is 6.92 Å². The Kier molecular flexibility index (Phi) is 3.39. The Bertz CT molecular complexity index is 880. The number of nitrogens with one attached hydrogen (secondary N) is 2. The van der Waals surface area contributed by atoms with Gasteiger partial charge in [0.1, 0.15) is 5.69 Å². The normalized spacial score (nSPS) is 10.6. The van der Waals surface area contributed by atoms with Gasteiger partial charge in [-0.2, -0.15) is 0 Å². The van der Waals surface area contributed by atoms with Crippen LogP contribution in [0.1, 0.15) is 27.8 Å². The lowest BCUT2D eigenvalue weighted by atomic mass is 10.1. The summed E-state index contributed by atoms with van der Waals surface area (Å²) in [6.45, 7) is 1.52. The lowest BCUT2D eigenvalue weighted by Gasteiger charge is -2.04. The number of Topliss-reactive ketones (excluding diaryl/α,β-unsaturated/α-hetero) is 1. The Morgan fingerprint density at radius 1 is 1.09 bits per heavy atom. The van der Waals surface area contributed by atoms with Gasteiger partial charge in [0.2, 0.25) is 0 Å². The zero-order valence-electron chi connectivity index (χ0n) is 12.0. The van der Waals surface area contributed by atoms with Crippen LogP contribution in [0.4, 0.5) is 11.4 Å². The van der Waals surface area contributed by atoms with Gasteiger partial charge < -0.3 is 16.0 Å². The first-order valence-electron chi connectivity index (χ1n) is 6.83. The average molecular weight is 293 g/mol. The molecule has 0 aliphatic heterocycles. The molecule has 5 heteroatoms. The fraction of sp³-hybridized carbons (Fsp3) is 0.0588. The minimum absolute atomic E-state index is 0.00568. The van der Waals surface area contributed by atoms with Crippen molar-refractivity contribution in [1.29, 1.82) is 0 Å². The topological polar surface area (TPSA) is 88.0 Å². The molecule has 0 atom stereocenters. The summed E-state index contributed by atoms with van der Waals surface area (Å²) in [5.74, 6) is -0.264. The Balaban J connectivity index is 1.89. The number of carbonyl (C=O) groups excluding carboxylic acids is 2. The first-order chi connectivity index (χ1) is 10.5. The SMILES string of the molecule is CC(=O)c1ccc2[nH]c(C(=O)Nc3cccc(N)c3)cc2c1. The van der Waals surface area contributed by atoms with Crippen molar-refractivity contribution >= 4 is 34.0 Å². The molecule has 110 valence electrons. The van der Waals surface area contributed by atoms with Gasteiger partial charge >= 0.3 is 0 Å². The van der Waals surface area contributed by atoms with E-state index in [1.54, 1.807) is 48.5 Å². The van der Waals surface area contributed by atoms with Crippen molar-refractivity contribution in [2.75, 3.05) is 11.1 Å². The molecule has 4 N–H and O–H groups in total. The molecule has 0 spiro atoms. The maximum absolute atomic E-state index is 12.3. The molecule has 0 aliphatic rings. The number of ketones is 1. The number of H-pyrrole nitrogens is 1. The molecule has 1 amide bonds. The molecule has 5 nitrogen and oxygen atoms in total. The van der Waals surface area contributed by atoms with E-state index in [-0.39, 0.29) is 11.7 Å². The van der Waals surface area contributed by atoms with E-state index in [4.69, 9.17) is 5.73 Å². The van der Waals surface area contributed by atoms with Gasteiger partial charge in [0.15, 0.2) is 5.78 Å². The molecule has 0 fully saturated rings. The molecule has 0 unspecified atom stereocenters. The molecule has 0 saturated heterocycles. The van der Waals surface area contributed by atoms with Crippen LogP contribution < -0.4 is 11.1 Å². The Morgan fingerprint density at radius 3 is 2.64 bits per heavy atom. The molecular formula is C17H15N3O2. The van der Waals surface area contributed by atoms with Crippen LogP contribution in [-0.2, 0) is 0 Å². The van der Waals surface area contributed by atoms with E-state index in [1.165, 1.54) is 6.92 Å². The van der Waals surface area contributed by atoms with Crippen LogP contribution >= 0.6 is 0 Å². The van der Waals surface area contributed by atoms with Crippen LogP contribution in [0.15, 0.2) is 48.5 Å². The van der Waals surface area contributed by atoms with E-state index < -0.39 is 0 Å². The maximum Gasteiger partial charge on any atom is 0.272 e. The Morgan fingerprint density at radius 2 is 1.91 bits per heavy atom. The number of rotatable bonds is 3. The second-order valence-electron chi connectivity index (χ2n) is 5.12. The summed E-state index contributed by atoms with van der Waals surface area (Å²) >= 11 is 0. The van der Waals surface area contributed by atoms with E-state index >= 15 is 0 Å². The van der Waals surface area contributed by atoms with E-state index in [2.05, 4.69) is 10.3 Å². The minimum Gasteiger partial charge on any atom is -0.399 e. The highest BCUT2D eigenvalue weighted by atomic mass is 16.2. The third kappa shape index (κ3) is 2.69. The van der Waals surface area contributed by atoms with Crippen molar-refractivity contribution in [2.24, 2.45) is 0 Å². The van der Waals surface area contributed by atoms with Crippen molar-refractivity contribution in [1.82, 2.24) is 4.98 Å². The van der Waals surface area contributed by atoms with Crippen molar-refractivity contribution in [3.63, 3.8) is 0 Å². The number of aromatic amines is 1. The quantitative estimate of drug-likeness (QED) is 0.512. The molecule has 3 rings (SSSR count). The summed E-state index contributed by atoms with van der Waals surface area (Å²) in [7, 11) is 0. The molecule has 3 aromatic rings. The first-order valence-corrected chi connectivity index (χ1v) is 6.83. The lowest BCUT2D eigenvalue weighted by Crippen LogP contribution is -2.12. The Labute approximate surface area is 127 Å². The van der Waals surface area contributed by atoms with Crippen LogP contribution in [0.3, 0.4) is 0 Å². The zero-order valence-corrected chi connectivity index (χ0v) is 12.0. The van der Waals surface area contributed by atoms with Crippen LogP contribution in [0.5, 0.6) is 0 Å². The number of benzene rings is 2. The van der Waals surface area contributed by atoms with Gasteiger partial charge in [-0.15, -0.1) is 0 Å². The zero-order chi connectivity index (χ0) is 15.7. The fourth-order valence-corrected chi connectivity index (χ4v) is 2.29. The van der Waals surface area contributed by atoms with Crippen LogP contribution in [0.2, 0.25) is 0 Å². The predicted octanol–water partition coefficient (Wildman–Crippen LogP) is 3.21. The molecular weight excluding hydrogens is 278 g/mol. The third-order valence-corrected chi connectivity index (χ3v) is 3.42. The van der Waals surface area contributed by atoms with E-state index in [1.807, 2.05) is 0 Å². The number of aromatic nitrogens is 1. The Hall–Kier alpha value is -3.08. The highest BCUT2D eigenvalue weighted by Gasteiger charge is 2.11. The lowest BCUT2D eigenvalue weighted by molar-refractivity contribution is 0.101. The molecule has 1 heterocycles. The predicted molar refractivity (Wildman–Crippen MR) is 87.1 cm³/mol. The van der Waals surface area contributed by atoms with Gasteiger partial charge in [-0.1, -0.05) is 6.07 Å². The van der Waals surface area contributed by atoms with Crippen molar-refractivity contribution in [3.8, 4) is 0 Å². The van der Waals surface area contributed by atoms with Crippen LogP contribution in [-0.4, -0.2) is 16.7 Å². The molecule has 2 aromatic carbocycles. The third-order valence-electron chi connectivity index (χ3n) is 3.42. The second kappa shape index (κ2) is 5.37. The first kappa shape index (κ1) is 13.9. The van der Waals surface area contributed by atoms with E-state index in [9.17, 15) is 9.59 Å². The smallest absolute Gasteiger partial charge is 0.272 e. The number of nitrogen functional groups attached to an aromatic ring is 1. The average Bonchev–Trinajstić information content (AvgIpc) is 2.90. The monoisotopic (exact) mass is 293 g/mol. The number of hydrogen-bond donors (Lipinski definition) is 3. The van der Waals surface area contributed by atoms with Gasteiger partial charge in [0.25, 0.3) is 5.91 Å². The van der Waals surface area contributed by atoms with E-state index in [0.717, 1.165) is 10.9 Å². The van der Waals surface area contributed by atoms with Gasteiger partial charge in [-0.25, -0.2) is 0 Å². The molecule has 0 radical (unpaired) electrons.